The van der Waals surface area contributed by atoms with E-state index in [4.69, 9.17) is 11.3 Å². The Morgan fingerprint density at radius 1 is 1.21 bits per heavy atom. The topological polar surface area (TPSA) is 155 Å². The molecule has 0 aliphatic heterocycles. The number of rotatable bonds is 1. The van der Waals surface area contributed by atoms with Gasteiger partial charge in [-0.05, 0) is 16.7 Å². The van der Waals surface area contributed by atoms with E-state index in [0.29, 0.717) is 11.2 Å². The Labute approximate surface area is 106 Å². The van der Waals surface area contributed by atoms with Crippen molar-refractivity contribution in [2.75, 3.05) is 5.73 Å². The predicted octanol–water partition coefficient (Wildman–Crippen LogP) is 1.35. The molecule has 0 aromatic carbocycles. The van der Waals surface area contributed by atoms with E-state index in [9.17, 15) is 0 Å². The van der Waals surface area contributed by atoms with Gasteiger partial charge in [-0.15, -0.1) is 0 Å². The lowest BCUT2D eigenvalue weighted by Crippen LogP contribution is -1.91. The van der Waals surface area contributed by atoms with Gasteiger partial charge in [0.25, 0.3) is 0 Å². The number of aromatic amines is 1. The molecule has 3 aromatic heterocycles. The highest BCUT2D eigenvalue weighted by molar-refractivity contribution is 5.82. The SMILES string of the molecule is [N-]=[N+]=Nc1nc2ncnc(N)c2[nH]1.c1cncnc1. The third kappa shape index (κ3) is 3.11. The summed E-state index contributed by atoms with van der Waals surface area (Å²) in [5.74, 6) is 0.404. The molecule has 0 aliphatic carbocycles. The predicted molar refractivity (Wildman–Crippen MR) is 66.9 cm³/mol. The number of nitrogens with zero attached hydrogens (tertiary/aromatic N) is 8. The van der Waals surface area contributed by atoms with E-state index in [0.717, 1.165) is 0 Å². The number of H-pyrrole nitrogens is 1. The lowest BCUT2D eigenvalue weighted by Gasteiger charge is -1.89. The molecule has 3 aromatic rings. The summed E-state index contributed by atoms with van der Waals surface area (Å²) in [6.45, 7) is 0. The number of fused-ring (bicyclic) bond motifs is 1. The van der Waals surface area contributed by atoms with Crippen LogP contribution in [0.4, 0.5) is 11.8 Å². The molecule has 0 spiro atoms. The van der Waals surface area contributed by atoms with Gasteiger partial charge < -0.3 is 10.7 Å². The normalized spacial score (nSPS) is 9.26. The summed E-state index contributed by atoms with van der Waals surface area (Å²) in [4.78, 5) is 24.0. The third-order valence-electron chi connectivity index (χ3n) is 1.92. The first kappa shape index (κ1) is 12.2. The van der Waals surface area contributed by atoms with Crippen LogP contribution >= 0.6 is 0 Å². The molecular formula is C9H8N10. The molecule has 0 radical (unpaired) electrons. The number of nitrogens with two attached hydrogens (primary N) is 1. The molecule has 0 saturated carbocycles. The molecule has 3 N–H and O–H groups in total. The average Bonchev–Trinajstić information content (AvgIpc) is 2.86. The van der Waals surface area contributed by atoms with Gasteiger partial charge in [-0.25, -0.2) is 24.9 Å². The van der Waals surface area contributed by atoms with Crippen LogP contribution < -0.4 is 5.73 Å². The highest BCUT2D eigenvalue weighted by Crippen LogP contribution is 2.17. The first-order valence-electron chi connectivity index (χ1n) is 5.02. The van der Waals surface area contributed by atoms with Crippen molar-refractivity contribution in [2.24, 2.45) is 5.11 Å². The summed E-state index contributed by atoms with van der Waals surface area (Å²) >= 11 is 0. The first-order chi connectivity index (χ1) is 9.31. The maximum absolute atomic E-state index is 8.15. The van der Waals surface area contributed by atoms with Crippen LogP contribution in [0.5, 0.6) is 0 Å². The van der Waals surface area contributed by atoms with Crippen molar-refractivity contribution >= 4 is 22.9 Å². The lowest BCUT2D eigenvalue weighted by atomic mass is 10.5. The van der Waals surface area contributed by atoms with Crippen molar-refractivity contribution in [1.29, 1.82) is 0 Å². The number of hydrogen-bond donors (Lipinski definition) is 2. The van der Waals surface area contributed by atoms with Gasteiger partial charge in [0.15, 0.2) is 17.4 Å². The summed E-state index contributed by atoms with van der Waals surface area (Å²) in [5, 5.41) is 3.28. The van der Waals surface area contributed by atoms with E-state index in [1.54, 1.807) is 18.5 Å². The molecule has 0 saturated heterocycles. The third-order valence-corrected chi connectivity index (χ3v) is 1.92. The zero-order valence-electron chi connectivity index (χ0n) is 9.54. The van der Waals surface area contributed by atoms with E-state index in [2.05, 4.69) is 39.9 Å². The molecule has 10 nitrogen and oxygen atoms in total. The molecule has 19 heavy (non-hydrogen) atoms. The Kier molecular flexibility index (Phi) is 3.78. The summed E-state index contributed by atoms with van der Waals surface area (Å²) in [5.41, 5.74) is 14.5. The molecule has 0 fully saturated rings. The highest BCUT2D eigenvalue weighted by Gasteiger charge is 2.04. The zero-order valence-corrected chi connectivity index (χ0v) is 9.54. The lowest BCUT2D eigenvalue weighted by molar-refractivity contribution is 1.17. The Bertz CT molecular complexity index is 673. The van der Waals surface area contributed by atoms with Crippen LogP contribution in [0.2, 0.25) is 0 Å². The standard InChI is InChI=1S/C5H4N8.C4H4N2/c6-3-2-4(9-1-8-3)11-5(10-2)12-13-7;1-2-5-4-6-3-1/h1H,(H3,6,8,9,10,11);1-4H. The zero-order chi connectivity index (χ0) is 13.5. The molecular weight excluding hydrogens is 248 g/mol. The van der Waals surface area contributed by atoms with E-state index < -0.39 is 0 Å². The second kappa shape index (κ2) is 5.89. The number of aromatic nitrogens is 6. The molecule has 0 bridgehead atoms. The van der Waals surface area contributed by atoms with Crippen LogP contribution in [-0.2, 0) is 0 Å². The number of hydrogen-bond acceptors (Lipinski definition) is 7. The molecule has 0 atom stereocenters. The molecule has 3 heterocycles. The van der Waals surface area contributed by atoms with Crippen LogP contribution in [0.3, 0.4) is 0 Å². The minimum Gasteiger partial charge on any atom is -0.382 e. The van der Waals surface area contributed by atoms with E-state index in [-0.39, 0.29) is 11.8 Å². The number of imidazole rings is 1. The van der Waals surface area contributed by atoms with Crippen molar-refractivity contribution in [1.82, 2.24) is 29.9 Å². The Hall–Kier alpha value is -3.26. The Morgan fingerprint density at radius 2 is 2.00 bits per heavy atom. The molecule has 0 amide bonds. The summed E-state index contributed by atoms with van der Waals surface area (Å²) in [6.07, 6.45) is 6.17. The fourth-order valence-corrected chi connectivity index (χ4v) is 1.18. The van der Waals surface area contributed by atoms with Crippen molar-refractivity contribution in [3.05, 3.63) is 41.6 Å². The summed E-state index contributed by atoms with van der Waals surface area (Å²) < 4.78 is 0. The Morgan fingerprint density at radius 3 is 2.53 bits per heavy atom. The minimum absolute atomic E-state index is 0.129. The fourth-order valence-electron chi connectivity index (χ4n) is 1.18. The van der Waals surface area contributed by atoms with Gasteiger partial charge in [0, 0.05) is 17.3 Å². The van der Waals surface area contributed by atoms with Crippen LogP contribution in [0.25, 0.3) is 21.6 Å². The first-order valence-corrected chi connectivity index (χ1v) is 5.02. The van der Waals surface area contributed by atoms with Crippen molar-refractivity contribution in [3.63, 3.8) is 0 Å². The molecule has 10 heteroatoms. The van der Waals surface area contributed by atoms with Gasteiger partial charge in [0.05, 0.1) is 0 Å². The summed E-state index contributed by atoms with van der Waals surface area (Å²) in [6, 6.07) is 1.78. The van der Waals surface area contributed by atoms with Crippen LogP contribution in [0, 0.1) is 0 Å². The number of azide groups is 1. The van der Waals surface area contributed by atoms with E-state index in [1.807, 2.05) is 0 Å². The van der Waals surface area contributed by atoms with Gasteiger partial charge in [0.1, 0.15) is 18.2 Å². The largest absolute Gasteiger partial charge is 0.382 e. The second-order valence-electron chi connectivity index (χ2n) is 3.11. The Balaban J connectivity index is 0.000000186. The van der Waals surface area contributed by atoms with Crippen molar-refractivity contribution < 1.29 is 0 Å². The maximum atomic E-state index is 8.15. The van der Waals surface area contributed by atoms with Crippen LogP contribution in [0.1, 0.15) is 0 Å². The van der Waals surface area contributed by atoms with Gasteiger partial charge in [-0.1, -0.05) is 0 Å². The fraction of sp³-hybridized carbons (Fsp3) is 0. The average molecular weight is 256 g/mol. The molecule has 0 unspecified atom stereocenters. The van der Waals surface area contributed by atoms with Gasteiger partial charge in [-0.3, -0.25) is 0 Å². The second-order valence-corrected chi connectivity index (χ2v) is 3.11. The number of anilines is 1. The van der Waals surface area contributed by atoms with Crippen LogP contribution in [0.15, 0.2) is 36.2 Å². The van der Waals surface area contributed by atoms with Gasteiger partial charge >= 0.3 is 0 Å². The number of nitrogens with one attached hydrogen (secondary N) is 1. The van der Waals surface area contributed by atoms with Crippen LogP contribution in [-0.4, -0.2) is 29.9 Å². The van der Waals surface area contributed by atoms with Crippen molar-refractivity contribution in [2.45, 2.75) is 0 Å². The monoisotopic (exact) mass is 256 g/mol. The van der Waals surface area contributed by atoms with Gasteiger partial charge in [-0.2, -0.15) is 0 Å². The van der Waals surface area contributed by atoms with Gasteiger partial charge in [0.2, 0.25) is 0 Å². The summed E-state index contributed by atoms with van der Waals surface area (Å²) in [7, 11) is 0. The molecule has 94 valence electrons. The molecule has 3 rings (SSSR count). The minimum atomic E-state index is 0.129. The molecule has 0 aliphatic rings. The number of nitrogen functional groups attached to an aromatic ring is 1. The smallest absolute Gasteiger partial charge is 0.196 e. The highest BCUT2D eigenvalue weighted by atomic mass is 15.2. The maximum Gasteiger partial charge on any atom is 0.196 e. The van der Waals surface area contributed by atoms with E-state index in [1.165, 1.54) is 12.7 Å². The van der Waals surface area contributed by atoms with Crippen molar-refractivity contribution in [3.8, 4) is 0 Å². The quantitative estimate of drug-likeness (QED) is 0.380. The van der Waals surface area contributed by atoms with E-state index >= 15 is 0 Å².